The average Bonchev–Trinajstić information content (AvgIpc) is 2.67. The summed E-state index contributed by atoms with van der Waals surface area (Å²) in [6, 6.07) is 3.41. The highest BCUT2D eigenvalue weighted by Gasteiger charge is 2.25. The van der Waals surface area contributed by atoms with E-state index in [-0.39, 0.29) is 0 Å². The second-order valence-corrected chi connectivity index (χ2v) is 3.85. The predicted octanol–water partition coefficient (Wildman–Crippen LogP) is 0.334. The number of amides is 2. The molecule has 2 rings (SSSR count). The van der Waals surface area contributed by atoms with Crippen LogP contribution in [0.3, 0.4) is 0 Å². The number of hydrogen-bond acceptors (Lipinski definition) is 4. The van der Waals surface area contributed by atoms with E-state index in [2.05, 4.69) is 26.3 Å². The van der Waals surface area contributed by atoms with Gasteiger partial charge in [0.1, 0.15) is 5.76 Å². The third kappa shape index (κ3) is 2.30. The highest BCUT2D eigenvalue weighted by Crippen LogP contribution is 2.12. The molecule has 6 nitrogen and oxygen atoms in total. The van der Waals surface area contributed by atoms with E-state index in [4.69, 9.17) is 4.42 Å². The fraction of sp³-hybridized carbons (Fsp3) is 0.222. The summed E-state index contributed by atoms with van der Waals surface area (Å²) < 4.78 is 5.75. The minimum Gasteiger partial charge on any atom is -0.448 e. The van der Waals surface area contributed by atoms with Crippen LogP contribution in [0.25, 0.3) is 0 Å². The Labute approximate surface area is 99.4 Å². The molecule has 0 radical (unpaired) electrons. The van der Waals surface area contributed by atoms with Crippen molar-refractivity contribution in [1.82, 2.24) is 10.3 Å². The molecule has 2 heterocycles. The van der Waals surface area contributed by atoms with Gasteiger partial charge in [0, 0.05) is 6.54 Å². The van der Waals surface area contributed by atoms with Gasteiger partial charge in [0.15, 0.2) is 4.67 Å². The maximum Gasteiger partial charge on any atom is 0.331 e. The van der Waals surface area contributed by atoms with Crippen molar-refractivity contribution in [2.75, 3.05) is 13.1 Å². The minimum atomic E-state index is -0.659. The zero-order valence-corrected chi connectivity index (χ0v) is 9.73. The van der Waals surface area contributed by atoms with Gasteiger partial charge in [0.2, 0.25) is 0 Å². The first-order chi connectivity index (χ1) is 7.66. The number of nitrogens with zero attached hydrogens (tertiary/aromatic N) is 2. The van der Waals surface area contributed by atoms with E-state index in [0.717, 1.165) is 5.01 Å². The van der Waals surface area contributed by atoms with Crippen LogP contribution in [0.15, 0.2) is 26.3 Å². The monoisotopic (exact) mass is 285 g/mol. The maximum absolute atomic E-state index is 11.3. The van der Waals surface area contributed by atoms with E-state index in [9.17, 15) is 9.59 Å². The Kier molecular flexibility index (Phi) is 3.04. The number of carbonyl (C=O) groups is 2. The normalized spacial score (nSPS) is 16.9. The molecule has 84 valence electrons. The SMILES string of the molecule is O=C1NCCN(/N=C/c2ccc(Br)o2)C1=O. The Balaban J connectivity index is 2.06. The average molecular weight is 286 g/mol. The molecule has 0 spiro atoms. The highest BCUT2D eigenvalue weighted by molar-refractivity contribution is 9.10. The molecule has 1 aromatic heterocycles. The number of nitrogens with one attached hydrogen (secondary N) is 1. The number of hydrogen-bond donors (Lipinski definition) is 1. The molecule has 1 N–H and O–H groups in total. The number of halogens is 1. The summed E-state index contributed by atoms with van der Waals surface area (Å²) in [6.45, 7) is 0.771. The number of furan rings is 1. The van der Waals surface area contributed by atoms with Crippen LogP contribution in [0.5, 0.6) is 0 Å². The lowest BCUT2D eigenvalue weighted by molar-refractivity contribution is -0.148. The number of piperazine rings is 1. The lowest BCUT2D eigenvalue weighted by Crippen LogP contribution is -2.49. The van der Waals surface area contributed by atoms with Crippen LogP contribution >= 0.6 is 15.9 Å². The van der Waals surface area contributed by atoms with Gasteiger partial charge in [0.05, 0.1) is 12.8 Å². The highest BCUT2D eigenvalue weighted by atomic mass is 79.9. The first-order valence-corrected chi connectivity index (χ1v) is 5.35. The zero-order valence-electron chi connectivity index (χ0n) is 8.14. The fourth-order valence-corrected chi connectivity index (χ4v) is 1.52. The van der Waals surface area contributed by atoms with E-state index < -0.39 is 11.8 Å². The Bertz CT molecular complexity index is 455. The van der Waals surface area contributed by atoms with E-state index in [1.165, 1.54) is 6.21 Å². The first-order valence-electron chi connectivity index (χ1n) is 4.56. The van der Waals surface area contributed by atoms with Gasteiger partial charge >= 0.3 is 11.8 Å². The second-order valence-electron chi connectivity index (χ2n) is 3.07. The molecular weight excluding hydrogens is 278 g/mol. The Hall–Kier alpha value is -1.63. The van der Waals surface area contributed by atoms with Crippen LogP contribution in [0.2, 0.25) is 0 Å². The smallest absolute Gasteiger partial charge is 0.331 e. The van der Waals surface area contributed by atoms with E-state index >= 15 is 0 Å². The molecule has 1 fully saturated rings. The summed E-state index contributed by atoms with van der Waals surface area (Å²) >= 11 is 3.15. The molecule has 0 aromatic carbocycles. The van der Waals surface area contributed by atoms with Crippen LogP contribution in [0.4, 0.5) is 0 Å². The van der Waals surface area contributed by atoms with Crippen molar-refractivity contribution in [3.05, 3.63) is 22.6 Å². The molecule has 0 atom stereocenters. The molecule has 1 saturated heterocycles. The molecule has 0 bridgehead atoms. The molecule has 0 unspecified atom stereocenters. The standard InChI is InChI=1S/C9H8BrN3O3/c10-7-2-1-6(16-7)5-12-13-4-3-11-8(14)9(13)15/h1-2,5H,3-4H2,(H,11,14)/b12-5+. The molecule has 1 aromatic rings. The van der Waals surface area contributed by atoms with Crippen molar-refractivity contribution in [2.45, 2.75) is 0 Å². The van der Waals surface area contributed by atoms with Crippen LogP contribution in [-0.2, 0) is 9.59 Å². The summed E-state index contributed by atoms with van der Waals surface area (Å²) in [7, 11) is 0. The second kappa shape index (κ2) is 4.48. The maximum atomic E-state index is 11.3. The Morgan fingerprint density at radius 1 is 1.50 bits per heavy atom. The summed E-state index contributed by atoms with van der Waals surface area (Å²) in [4.78, 5) is 22.3. The molecule has 7 heteroatoms. The molecule has 0 saturated carbocycles. The van der Waals surface area contributed by atoms with Gasteiger partial charge in [-0.25, -0.2) is 5.01 Å². The Morgan fingerprint density at radius 3 is 3.00 bits per heavy atom. The van der Waals surface area contributed by atoms with Gasteiger partial charge < -0.3 is 9.73 Å². The van der Waals surface area contributed by atoms with E-state index in [0.29, 0.717) is 23.5 Å². The number of rotatable bonds is 2. The van der Waals surface area contributed by atoms with Gasteiger partial charge in [0.25, 0.3) is 0 Å². The third-order valence-corrected chi connectivity index (χ3v) is 2.38. The summed E-state index contributed by atoms with van der Waals surface area (Å²) in [5.41, 5.74) is 0. The number of hydrazone groups is 1. The quantitative estimate of drug-likeness (QED) is 0.629. The predicted molar refractivity (Wildman–Crippen MR) is 58.7 cm³/mol. The van der Waals surface area contributed by atoms with Crippen LogP contribution in [0.1, 0.15) is 5.76 Å². The van der Waals surface area contributed by atoms with E-state index in [1.807, 2.05) is 0 Å². The van der Waals surface area contributed by atoms with Crippen LogP contribution < -0.4 is 5.32 Å². The van der Waals surface area contributed by atoms with E-state index in [1.54, 1.807) is 12.1 Å². The molecule has 0 aliphatic carbocycles. The van der Waals surface area contributed by atoms with Crippen LogP contribution in [-0.4, -0.2) is 36.1 Å². The van der Waals surface area contributed by atoms with Crippen molar-refractivity contribution >= 4 is 34.0 Å². The van der Waals surface area contributed by atoms with Crippen molar-refractivity contribution in [3.63, 3.8) is 0 Å². The lowest BCUT2D eigenvalue weighted by Gasteiger charge is -2.20. The van der Waals surface area contributed by atoms with Crippen molar-refractivity contribution in [3.8, 4) is 0 Å². The van der Waals surface area contributed by atoms with Gasteiger partial charge in [-0.1, -0.05) is 0 Å². The molecule has 16 heavy (non-hydrogen) atoms. The van der Waals surface area contributed by atoms with Crippen molar-refractivity contribution in [1.29, 1.82) is 0 Å². The van der Waals surface area contributed by atoms with Gasteiger partial charge in [-0.3, -0.25) is 9.59 Å². The van der Waals surface area contributed by atoms with Crippen molar-refractivity contribution in [2.24, 2.45) is 5.10 Å². The summed E-state index contributed by atoms with van der Waals surface area (Å²) in [6.07, 6.45) is 1.39. The number of carbonyl (C=O) groups excluding carboxylic acids is 2. The Morgan fingerprint density at radius 2 is 2.31 bits per heavy atom. The fourth-order valence-electron chi connectivity index (χ4n) is 1.20. The van der Waals surface area contributed by atoms with Gasteiger partial charge in [-0.05, 0) is 28.1 Å². The minimum absolute atomic E-state index is 0.364. The summed E-state index contributed by atoms with van der Waals surface area (Å²) in [5, 5.41) is 7.42. The van der Waals surface area contributed by atoms with Gasteiger partial charge in [-0.2, -0.15) is 5.10 Å². The topological polar surface area (TPSA) is 74.9 Å². The van der Waals surface area contributed by atoms with Crippen LogP contribution in [0, 0.1) is 0 Å². The van der Waals surface area contributed by atoms with Gasteiger partial charge in [-0.15, -0.1) is 0 Å². The molecular formula is C9H8BrN3O3. The molecule has 1 aliphatic heterocycles. The molecule has 1 aliphatic rings. The first kappa shape index (κ1) is 10.9. The summed E-state index contributed by atoms with van der Waals surface area (Å²) in [5.74, 6) is -0.789. The third-order valence-electron chi connectivity index (χ3n) is 1.96. The largest absolute Gasteiger partial charge is 0.448 e. The lowest BCUT2D eigenvalue weighted by atomic mass is 10.4. The van der Waals surface area contributed by atoms with Crippen molar-refractivity contribution < 1.29 is 14.0 Å². The molecule has 2 amide bonds. The zero-order chi connectivity index (χ0) is 11.5.